The molecule has 0 saturated carbocycles. The molecule has 0 aromatic heterocycles. The number of amides is 6. The highest BCUT2D eigenvalue weighted by molar-refractivity contribution is 5.85. The van der Waals surface area contributed by atoms with Crippen LogP contribution in [0, 0.1) is 0 Å². The maximum absolute atomic E-state index is 12.1. The summed E-state index contributed by atoms with van der Waals surface area (Å²) in [5.74, 6) is -4.01. The molecule has 0 heterocycles. The average molecular weight is 903 g/mol. The van der Waals surface area contributed by atoms with Crippen molar-refractivity contribution in [3.8, 4) is 0 Å². The fourth-order valence-electron chi connectivity index (χ4n) is 6.03. The number of carbonyl (C=O) groups excluding carboxylic acids is 6. The molecule has 0 aliphatic carbocycles. The fourth-order valence-corrected chi connectivity index (χ4v) is 6.03. The minimum Gasteiger partial charge on any atom is -0.481 e. The first-order chi connectivity index (χ1) is 30.4. The first-order valence-electron chi connectivity index (χ1n) is 22.8. The molecular formula is C43H78N6O14. The molecule has 0 spiro atoms. The van der Waals surface area contributed by atoms with Gasteiger partial charge in [-0.15, -0.1) is 0 Å². The van der Waals surface area contributed by atoms with Crippen molar-refractivity contribution >= 4 is 47.4 Å². The maximum atomic E-state index is 12.1. The van der Waals surface area contributed by atoms with Gasteiger partial charge in [-0.1, -0.05) is 77.0 Å². The lowest BCUT2D eigenvalue weighted by Crippen LogP contribution is -2.43. The summed E-state index contributed by atoms with van der Waals surface area (Å²) < 4.78 is 21.2. The number of hydrogen-bond acceptors (Lipinski definition) is 12. The van der Waals surface area contributed by atoms with Crippen molar-refractivity contribution in [1.82, 2.24) is 26.6 Å². The summed E-state index contributed by atoms with van der Waals surface area (Å²) >= 11 is 0. The van der Waals surface area contributed by atoms with Gasteiger partial charge in [-0.25, -0.2) is 4.79 Å². The molecule has 20 heteroatoms. The number of unbranched alkanes of at least 4 members (excludes halogenated alkanes) is 13. The molecule has 1 atom stereocenters. The van der Waals surface area contributed by atoms with Gasteiger partial charge in [0.05, 0.1) is 39.6 Å². The monoisotopic (exact) mass is 903 g/mol. The second-order valence-electron chi connectivity index (χ2n) is 15.2. The molecule has 6 amide bonds. The van der Waals surface area contributed by atoms with Gasteiger partial charge in [0.2, 0.25) is 35.4 Å². The zero-order valence-corrected chi connectivity index (χ0v) is 37.5. The molecule has 0 radical (unpaired) electrons. The van der Waals surface area contributed by atoms with Crippen molar-refractivity contribution in [3.05, 3.63) is 0 Å². The van der Waals surface area contributed by atoms with E-state index in [1.807, 2.05) is 0 Å². The minimum absolute atomic E-state index is 0.0202. The van der Waals surface area contributed by atoms with Crippen LogP contribution in [0.15, 0.2) is 0 Å². The standard InChI is InChI=1S/C43H78N6O14/c44-36(50)17-15-23-46-39(53)22-21-35(43(58)59)49-41(55)34-63-32-30-61-28-26-48-40(54)33-62-31-29-60-27-25-47-38(52)19-16-24-45-37(51)18-13-11-9-7-5-3-1-2-4-6-8-10-12-14-20-42(56)57/h35H,1-34H2,(H2,44,50)(H,45,51)(H,46,53)(H,47,52)(H,48,54)(H,49,55)(H,56,57)(H,58,59). The molecule has 0 bridgehead atoms. The van der Waals surface area contributed by atoms with Crippen LogP contribution in [0.5, 0.6) is 0 Å². The van der Waals surface area contributed by atoms with E-state index >= 15 is 0 Å². The highest BCUT2D eigenvalue weighted by Crippen LogP contribution is 2.14. The quantitative estimate of drug-likeness (QED) is 0.0407. The van der Waals surface area contributed by atoms with Gasteiger partial charge in [-0.3, -0.25) is 33.6 Å². The molecule has 63 heavy (non-hydrogen) atoms. The van der Waals surface area contributed by atoms with Gasteiger partial charge in [0, 0.05) is 58.3 Å². The van der Waals surface area contributed by atoms with E-state index < -0.39 is 42.3 Å². The molecule has 0 aliphatic rings. The van der Waals surface area contributed by atoms with Gasteiger partial charge >= 0.3 is 11.9 Å². The van der Waals surface area contributed by atoms with Crippen molar-refractivity contribution in [1.29, 1.82) is 0 Å². The molecule has 20 nitrogen and oxygen atoms in total. The molecule has 0 fully saturated rings. The Kier molecular flexibility index (Phi) is 39.9. The van der Waals surface area contributed by atoms with E-state index in [-0.39, 0.29) is 103 Å². The second-order valence-corrected chi connectivity index (χ2v) is 15.2. The fraction of sp³-hybridized carbons (Fsp3) is 0.814. The van der Waals surface area contributed by atoms with E-state index in [0.717, 1.165) is 38.5 Å². The highest BCUT2D eigenvalue weighted by atomic mass is 16.5. The third-order valence-electron chi connectivity index (χ3n) is 9.51. The van der Waals surface area contributed by atoms with Crippen LogP contribution in [0.3, 0.4) is 0 Å². The number of carboxylic acids is 2. The molecule has 0 aromatic rings. The molecule has 0 aromatic carbocycles. The number of ether oxygens (including phenoxy) is 4. The van der Waals surface area contributed by atoms with Crippen molar-refractivity contribution in [3.63, 3.8) is 0 Å². The van der Waals surface area contributed by atoms with Crippen LogP contribution in [0.1, 0.15) is 141 Å². The predicted octanol–water partition coefficient (Wildman–Crippen LogP) is 2.24. The Balaban J connectivity index is 3.55. The Morgan fingerprint density at radius 3 is 1.25 bits per heavy atom. The van der Waals surface area contributed by atoms with E-state index in [1.165, 1.54) is 51.4 Å². The predicted molar refractivity (Wildman–Crippen MR) is 233 cm³/mol. The molecule has 0 saturated heterocycles. The van der Waals surface area contributed by atoms with Crippen LogP contribution in [-0.2, 0) is 57.3 Å². The SMILES string of the molecule is NC(=O)CCCNC(=O)CCC(NC(=O)COCCOCCNC(=O)COCCOCCNC(=O)CCCNC(=O)CCCCCCCCCCCCCCCCC(=O)O)C(=O)O. The van der Waals surface area contributed by atoms with Crippen LogP contribution in [0.25, 0.3) is 0 Å². The minimum atomic E-state index is -1.29. The lowest BCUT2D eigenvalue weighted by molar-refractivity contribution is -0.143. The van der Waals surface area contributed by atoms with Crippen LogP contribution in [0.4, 0.5) is 0 Å². The smallest absolute Gasteiger partial charge is 0.326 e. The van der Waals surface area contributed by atoms with E-state index in [9.17, 15) is 43.5 Å². The van der Waals surface area contributed by atoms with Gasteiger partial charge < -0.3 is 61.5 Å². The zero-order chi connectivity index (χ0) is 46.6. The molecule has 0 rings (SSSR count). The number of carbonyl (C=O) groups is 8. The van der Waals surface area contributed by atoms with Gasteiger partial charge in [0.25, 0.3) is 0 Å². The van der Waals surface area contributed by atoms with E-state index in [1.54, 1.807) is 0 Å². The Morgan fingerprint density at radius 2 is 0.778 bits per heavy atom. The van der Waals surface area contributed by atoms with Gasteiger partial charge in [0.1, 0.15) is 19.3 Å². The average Bonchev–Trinajstić information content (AvgIpc) is 3.23. The Hall–Kier alpha value is -4.40. The van der Waals surface area contributed by atoms with Crippen molar-refractivity contribution in [2.24, 2.45) is 5.73 Å². The molecule has 9 N–H and O–H groups in total. The van der Waals surface area contributed by atoms with E-state index in [2.05, 4.69) is 26.6 Å². The van der Waals surface area contributed by atoms with Gasteiger partial charge in [0.15, 0.2) is 0 Å². The molecule has 1 unspecified atom stereocenters. The van der Waals surface area contributed by atoms with Crippen LogP contribution in [0.2, 0.25) is 0 Å². The second kappa shape index (κ2) is 42.9. The summed E-state index contributed by atoms with van der Waals surface area (Å²) in [7, 11) is 0. The number of rotatable bonds is 46. The number of aliphatic carboxylic acids is 2. The molecular weight excluding hydrogens is 825 g/mol. The number of hydrogen-bond donors (Lipinski definition) is 8. The molecule has 0 aliphatic heterocycles. The van der Waals surface area contributed by atoms with Crippen molar-refractivity contribution in [2.75, 3.05) is 79.0 Å². The molecule has 364 valence electrons. The largest absolute Gasteiger partial charge is 0.481 e. The van der Waals surface area contributed by atoms with Crippen LogP contribution >= 0.6 is 0 Å². The van der Waals surface area contributed by atoms with E-state index in [4.69, 9.17) is 29.8 Å². The highest BCUT2D eigenvalue weighted by Gasteiger charge is 2.21. The van der Waals surface area contributed by atoms with Crippen LogP contribution < -0.4 is 32.3 Å². The lowest BCUT2D eigenvalue weighted by Gasteiger charge is -2.14. The van der Waals surface area contributed by atoms with Crippen molar-refractivity contribution in [2.45, 2.75) is 147 Å². The normalized spacial score (nSPS) is 11.4. The summed E-state index contributed by atoms with van der Waals surface area (Å²) in [5.41, 5.74) is 5.03. The summed E-state index contributed by atoms with van der Waals surface area (Å²) in [6.07, 6.45) is 17.8. The Morgan fingerprint density at radius 1 is 0.397 bits per heavy atom. The number of carboxylic acid groups (broad SMARTS) is 2. The van der Waals surface area contributed by atoms with Gasteiger partial charge in [-0.05, 0) is 32.1 Å². The Bertz CT molecular complexity index is 1270. The van der Waals surface area contributed by atoms with E-state index in [0.29, 0.717) is 38.8 Å². The topological polar surface area (TPSA) is 300 Å². The number of nitrogens with two attached hydrogens (primary N) is 1. The lowest BCUT2D eigenvalue weighted by atomic mass is 10.0. The third-order valence-corrected chi connectivity index (χ3v) is 9.51. The first-order valence-corrected chi connectivity index (χ1v) is 22.8. The van der Waals surface area contributed by atoms with Crippen LogP contribution in [-0.4, -0.2) is 143 Å². The van der Waals surface area contributed by atoms with Gasteiger partial charge in [-0.2, -0.15) is 0 Å². The third kappa shape index (κ3) is 44.0. The Labute approximate surface area is 372 Å². The number of primary amides is 1. The van der Waals surface area contributed by atoms with Crippen molar-refractivity contribution < 1.29 is 67.5 Å². The zero-order valence-electron chi connectivity index (χ0n) is 37.5. The maximum Gasteiger partial charge on any atom is 0.326 e. The summed E-state index contributed by atoms with van der Waals surface area (Å²) in [5, 5.41) is 31.1. The summed E-state index contributed by atoms with van der Waals surface area (Å²) in [6, 6.07) is -1.28. The summed E-state index contributed by atoms with van der Waals surface area (Å²) in [4.78, 5) is 92.6. The first kappa shape index (κ1) is 58.6. The number of nitrogens with one attached hydrogen (secondary N) is 5. The summed E-state index contributed by atoms with van der Waals surface area (Å²) in [6.45, 7) is 1.73.